The Labute approximate surface area is 93.8 Å². The van der Waals surface area contributed by atoms with Gasteiger partial charge in [0.15, 0.2) is 6.10 Å². The van der Waals surface area contributed by atoms with E-state index in [4.69, 9.17) is 10.2 Å². The first-order valence-corrected chi connectivity index (χ1v) is 5.17. The smallest absolute Gasteiger partial charge is 0.335 e. The lowest BCUT2D eigenvalue weighted by Crippen LogP contribution is -2.33. The molecule has 2 atom stereocenters. The van der Waals surface area contributed by atoms with Crippen molar-refractivity contribution in [2.45, 2.75) is 44.8 Å². The van der Waals surface area contributed by atoms with Crippen LogP contribution in [0, 0.1) is 0 Å². The fraction of sp³-hybridized carbons (Fsp3) is 0.800. The monoisotopic (exact) mass is 234 g/mol. The minimum atomic E-state index is -1.73. The number of rotatable bonds is 8. The number of hydrogen-bond acceptors (Lipinski definition) is 5. The molecule has 0 radical (unpaired) electrons. The predicted molar refractivity (Wildman–Crippen MR) is 54.8 cm³/mol. The van der Waals surface area contributed by atoms with Crippen LogP contribution in [-0.2, 0) is 14.3 Å². The molecular formula is C10H18O6. The van der Waals surface area contributed by atoms with E-state index in [0.29, 0.717) is 25.9 Å². The molecule has 6 heteroatoms. The first-order chi connectivity index (χ1) is 7.45. The van der Waals surface area contributed by atoms with Gasteiger partial charge in [0.05, 0.1) is 12.7 Å². The van der Waals surface area contributed by atoms with E-state index in [1.54, 1.807) is 0 Å². The number of hydrogen-bond donors (Lipinski definition) is 3. The normalized spacial score (nSPS) is 14.2. The molecule has 0 aromatic heterocycles. The maximum atomic E-state index is 10.4. The van der Waals surface area contributed by atoms with Gasteiger partial charge in [0.1, 0.15) is 0 Å². The van der Waals surface area contributed by atoms with Crippen LogP contribution in [0.1, 0.15) is 32.6 Å². The van der Waals surface area contributed by atoms with Crippen LogP contribution >= 0.6 is 0 Å². The fourth-order valence-corrected chi connectivity index (χ4v) is 1.17. The van der Waals surface area contributed by atoms with Crippen molar-refractivity contribution in [2.24, 2.45) is 0 Å². The van der Waals surface area contributed by atoms with E-state index < -0.39 is 18.2 Å². The molecule has 0 fully saturated rings. The van der Waals surface area contributed by atoms with E-state index in [1.807, 2.05) is 0 Å². The summed E-state index contributed by atoms with van der Waals surface area (Å²) in [7, 11) is 0. The van der Waals surface area contributed by atoms with Gasteiger partial charge in [-0.25, -0.2) is 4.79 Å². The number of aliphatic hydroxyl groups excluding tert-OH is 2. The van der Waals surface area contributed by atoms with Gasteiger partial charge < -0.3 is 20.1 Å². The number of carboxylic acid groups (broad SMARTS) is 1. The Morgan fingerprint density at radius 2 is 1.81 bits per heavy atom. The topological polar surface area (TPSA) is 104 Å². The molecular weight excluding hydrogens is 216 g/mol. The summed E-state index contributed by atoms with van der Waals surface area (Å²) in [6.45, 7) is 1.65. The van der Waals surface area contributed by atoms with Crippen molar-refractivity contribution >= 4 is 11.9 Å². The van der Waals surface area contributed by atoms with Crippen molar-refractivity contribution < 1.29 is 29.6 Å². The lowest BCUT2D eigenvalue weighted by Gasteiger charge is -2.13. The third-order valence-electron chi connectivity index (χ3n) is 2.07. The van der Waals surface area contributed by atoms with Gasteiger partial charge >= 0.3 is 11.9 Å². The summed E-state index contributed by atoms with van der Waals surface area (Å²) < 4.78 is 4.69. The molecule has 0 aliphatic heterocycles. The molecule has 2 unspecified atom stereocenters. The number of carbonyl (C=O) groups excluding carboxylic acids is 1. The number of unbranched alkanes of at least 4 members (excludes halogenated alkanes) is 2. The van der Waals surface area contributed by atoms with Crippen molar-refractivity contribution in [1.29, 1.82) is 0 Å². The highest BCUT2D eigenvalue weighted by molar-refractivity contribution is 5.72. The van der Waals surface area contributed by atoms with Gasteiger partial charge in [-0.05, 0) is 19.3 Å². The summed E-state index contributed by atoms with van der Waals surface area (Å²) in [6.07, 6.45) is -0.813. The summed E-state index contributed by atoms with van der Waals surface area (Å²) in [6, 6.07) is 0. The van der Waals surface area contributed by atoms with E-state index in [0.717, 1.165) is 0 Å². The predicted octanol–water partition coefficient (Wildman–Crippen LogP) is -0.0837. The van der Waals surface area contributed by atoms with Gasteiger partial charge in [0, 0.05) is 6.92 Å². The minimum Gasteiger partial charge on any atom is -0.479 e. The van der Waals surface area contributed by atoms with Crippen molar-refractivity contribution in [3.63, 3.8) is 0 Å². The largest absolute Gasteiger partial charge is 0.479 e. The molecule has 16 heavy (non-hydrogen) atoms. The van der Waals surface area contributed by atoms with Crippen LogP contribution < -0.4 is 0 Å². The number of aliphatic carboxylic acids is 1. The van der Waals surface area contributed by atoms with Crippen LogP contribution in [0.5, 0.6) is 0 Å². The molecule has 0 rings (SSSR count). The second-order valence-corrected chi connectivity index (χ2v) is 3.54. The number of esters is 1. The van der Waals surface area contributed by atoms with E-state index >= 15 is 0 Å². The molecule has 3 N–H and O–H groups in total. The molecule has 0 bridgehead atoms. The van der Waals surface area contributed by atoms with Gasteiger partial charge in [-0.1, -0.05) is 6.42 Å². The van der Waals surface area contributed by atoms with Gasteiger partial charge in [-0.2, -0.15) is 0 Å². The van der Waals surface area contributed by atoms with E-state index in [-0.39, 0.29) is 12.4 Å². The highest BCUT2D eigenvalue weighted by Crippen LogP contribution is 2.07. The van der Waals surface area contributed by atoms with E-state index in [1.165, 1.54) is 6.92 Å². The summed E-state index contributed by atoms with van der Waals surface area (Å²) in [5.74, 6) is -1.76. The number of carboxylic acids is 1. The molecule has 0 heterocycles. The Balaban J connectivity index is 3.44. The molecule has 0 spiro atoms. The molecule has 0 aliphatic rings. The standard InChI is InChI=1S/C10H18O6/c1-7(11)16-6-4-2-3-5-8(12)9(13)10(14)15/h8-9,12-13H,2-6H2,1H3,(H,14,15). The van der Waals surface area contributed by atoms with Gasteiger partial charge in [-0.3, -0.25) is 4.79 Å². The number of aliphatic hydroxyl groups is 2. The summed E-state index contributed by atoms with van der Waals surface area (Å²) in [4.78, 5) is 20.7. The van der Waals surface area contributed by atoms with Crippen molar-refractivity contribution in [3.8, 4) is 0 Å². The Morgan fingerprint density at radius 3 is 2.31 bits per heavy atom. The Kier molecular flexibility index (Phi) is 7.49. The average Bonchev–Trinajstić information content (AvgIpc) is 2.21. The summed E-state index contributed by atoms with van der Waals surface area (Å²) >= 11 is 0. The highest BCUT2D eigenvalue weighted by atomic mass is 16.5. The van der Waals surface area contributed by atoms with Crippen molar-refractivity contribution in [3.05, 3.63) is 0 Å². The first-order valence-electron chi connectivity index (χ1n) is 5.17. The Hall–Kier alpha value is -1.14. The molecule has 0 amide bonds. The zero-order chi connectivity index (χ0) is 12.6. The first kappa shape index (κ1) is 14.9. The average molecular weight is 234 g/mol. The molecule has 6 nitrogen and oxygen atoms in total. The summed E-state index contributed by atoms with van der Waals surface area (Å²) in [5.41, 5.74) is 0. The lowest BCUT2D eigenvalue weighted by molar-refractivity contribution is -0.153. The molecule has 0 aromatic rings. The quantitative estimate of drug-likeness (QED) is 0.400. The summed E-state index contributed by atoms with van der Waals surface area (Å²) in [5, 5.41) is 26.6. The number of ether oxygens (including phenoxy) is 1. The molecule has 0 saturated heterocycles. The van der Waals surface area contributed by atoms with Crippen LogP contribution in [0.25, 0.3) is 0 Å². The van der Waals surface area contributed by atoms with Crippen molar-refractivity contribution in [1.82, 2.24) is 0 Å². The molecule has 0 aromatic carbocycles. The fourth-order valence-electron chi connectivity index (χ4n) is 1.17. The molecule has 0 saturated carbocycles. The lowest BCUT2D eigenvalue weighted by atomic mass is 10.1. The van der Waals surface area contributed by atoms with E-state index in [9.17, 15) is 14.7 Å². The van der Waals surface area contributed by atoms with Crippen LogP contribution in [0.4, 0.5) is 0 Å². The third-order valence-corrected chi connectivity index (χ3v) is 2.07. The van der Waals surface area contributed by atoms with Crippen LogP contribution in [0.2, 0.25) is 0 Å². The maximum Gasteiger partial charge on any atom is 0.335 e. The van der Waals surface area contributed by atoms with Gasteiger partial charge in [-0.15, -0.1) is 0 Å². The Bertz CT molecular complexity index is 227. The minimum absolute atomic E-state index is 0.216. The highest BCUT2D eigenvalue weighted by Gasteiger charge is 2.22. The van der Waals surface area contributed by atoms with Gasteiger partial charge in [0.25, 0.3) is 0 Å². The number of carbonyl (C=O) groups is 2. The second-order valence-electron chi connectivity index (χ2n) is 3.54. The zero-order valence-corrected chi connectivity index (χ0v) is 9.26. The molecule has 94 valence electrons. The SMILES string of the molecule is CC(=O)OCCCCCC(O)C(O)C(=O)O. The van der Waals surface area contributed by atoms with Crippen LogP contribution in [-0.4, -0.2) is 46.1 Å². The van der Waals surface area contributed by atoms with Crippen LogP contribution in [0.3, 0.4) is 0 Å². The van der Waals surface area contributed by atoms with Crippen molar-refractivity contribution in [2.75, 3.05) is 6.61 Å². The third kappa shape index (κ3) is 7.19. The zero-order valence-electron chi connectivity index (χ0n) is 9.26. The molecule has 0 aliphatic carbocycles. The van der Waals surface area contributed by atoms with Gasteiger partial charge in [0.2, 0.25) is 0 Å². The maximum absolute atomic E-state index is 10.4. The van der Waals surface area contributed by atoms with E-state index in [2.05, 4.69) is 4.74 Å². The van der Waals surface area contributed by atoms with Crippen LogP contribution in [0.15, 0.2) is 0 Å². The second kappa shape index (κ2) is 8.06. The Morgan fingerprint density at radius 1 is 1.19 bits per heavy atom.